The maximum atomic E-state index is 9.48. The Kier molecular flexibility index (Phi) is 4.11. The Labute approximate surface area is 94.2 Å². The summed E-state index contributed by atoms with van der Waals surface area (Å²) in [6, 6.07) is 8.71. The summed E-state index contributed by atoms with van der Waals surface area (Å²) < 4.78 is 0. The van der Waals surface area contributed by atoms with Crippen LogP contribution in [0, 0.1) is 0 Å². The molecule has 1 rings (SSSR count). The zero-order valence-electron chi connectivity index (χ0n) is 10.2. The number of aryl methyl sites for hydroxylation is 1. The van der Waals surface area contributed by atoms with Crippen LogP contribution in [0.5, 0.6) is 0 Å². The van der Waals surface area contributed by atoms with Crippen LogP contribution in [0.25, 0.3) is 0 Å². The lowest BCUT2D eigenvalue weighted by Crippen LogP contribution is -2.33. The third kappa shape index (κ3) is 3.18. The molecular formula is C13H22OSi. The van der Waals surface area contributed by atoms with Crippen molar-refractivity contribution in [2.75, 3.05) is 6.61 Å². The maximum Gasteiger partial charge on any atom is 0.0550 e. The summed E-state index contributed by atoms with van der Waals surface area (Å²) in [5.74, 6) is 0. The molecule has 0 aliphatic carbocycles. The molecule has 1 aromatic carbocycles. The number of aliphatic hydroxyl groups is 1. The fraction of sp³-hybridized carbons (Fsp3) is 0.538. The Morgan fingerprint density at radius 1 is 1.13 bits per heavy atom. The predicted octanol–water partition coefficient (Wildman–Crippen LogP) is 3.20. The van der Waals surface area contributed by atoms with Gasteiger partial charge in [0, 0.05) is 12.1 Å². The van der Waals surface area contributed by atoms with Gasteiger partial charge in [-0.1, -0.05) is 50.8 Å². The average molecular weight is 222 g/mol. The highest BCUT2D eigenvalue weighted by atomic mass is 28.3. The first-order chi connectivity index (χ1) is 6.99. The van der Waals surface area contributed by atoms with Crippen molar-refractivity contribution in [3.63, 3.8) is 0 Å². The largest absolute Gasteiger partial charge is 0.396 e. The predicted molar refractivity (Wildman–Crippen MR) is 69.0 cm³/mol. The van der Waals surface area contributed by atoms with Gasteiger partial charge in [-0.15, -0.1) is 0 Å². The van der Waals surface area contributed by atoms with E-state index < -0.39 is 8.07 Å². The van der Waals surface area contributed by atoms with Crippen LogP contribution < -0.4 is 0 Å². The summed E-state index contributed by atoms with van der Waals surface area (Å²) in [6.07, 6.45) is 1.08. The highest BCUT2D eigenvalue weighted by Gasteiger charge is 2.27. The zero-order valence-corrected chi connectivity index (χ0v) is 11.2. The smallest absolute Gasteiger partial charge is 0.0550 e. The standard InChI is InChI=1S/C13H22OSi/c1-5-11-6-8-12(9-7-11)13(10-14)15(2,3)4/h6-9,13-14H,5,10H2,1-4H3. The van der Waals surface area contributed by atoms with Gasteiger partial charge in [0.05, 0.1) is 8.07 Å². The van der Waals surface area contributed by atoms with Crippen molar-refractivity contribution in [3.8, 4) is 0 Å². The molecule has 1 atom stereocenters. The Hall–Kier alpha value is -0.603. The van der Waals surface area contributed by atoms with Gasteiger partial charge in [-0.3, -0.25) is 0 Å². The Morgan fingerprint density at radius 3 is 2.00 bits per heavy atom. The van der Waals surface area contributed by atoms with Gasteiger partial charge in [-0.25, -0.2) is 0 Å². The molecule has 0 amide bonds. The highest BCUT2D eigenvalue weighted by molar-refractivity contribution is 6.77. The van der Waals surface area contributed by atoms with Gasteiger partial charge >= 0.3 is 0 Å². The van der Waals surface area contributed by atoms with Crippen LogP contribution in [0.2, 0.25) is 19.6 Å². The number of benzene rings is 1. The maximum absolute atomic E-state index is 9.48. The molecule has 0 radical (unpaired) electrons. The minimum Gasteiger partial charge on any atom is -0.396 e. The lowest BCUT2D eigenvalue weighted by Gasteiger charge is -2.27. The Morgan fingerprint density at radius 2 is 1.67 bits per heavy atom. The van der Waals surface area contributed by atoms with Crippen molar-refractivity contribution < 1.29 is 5.11 Å². The molecule has 0 aliphatic rings. The molecule has 84 valence electrons. The van der Waals surface area contributed by atoms with Crippen LogP contribution in [-0.4, -0.2) is 19.8 Å². The number of rotatable bonds is 4. The molecule has 0 saturated carbocycles. The minimum atomic E-state index is -1.31. The number of hydrogen-bond donors (Lipinski definition) is 1. The molecule has 0 aromatic heterocycles. The summed E-state index contributed by atoms with van der Waals surface area (Å²) in [4.78, 5) is 0. The van der Waals surface area contributed by atoms with Gasteiger partial charge in [-0.2, -0.15) is 0 Å². The van der Waals surface area contributed by atoms with Gasteiger partial charge in [0.2, 0.25) is 0 Å². The zero-order chi connectivity index (χ0) is 11.5. The summed E-state index contributed by atoms with van der Waals surface area (Å²) in [5, 5.41) is 9.48. The van der Waals surface area contributed by atoms with E-state index in [2.05, 4.69) is 50.8 Å². The van der Waals surface area contributed by atoms with E-state index in [1.165, 1.54) is 11.1 Å². The van der Waals surface area contributed by atoms with E-state index in [-0.39, 0.29) is 6.61 Å². The second-order valence-corrected chi connectivity index (χ2v) is 10.6. The van der Waals surface area contributed by atoms with Crippen molar-refractivity contribution in [2.24, 2.45) is 0 Å². The quantitative estimate of drug-likeness (QED) is 0.776. The van der Waals surface area contributed by atoms with Crippen LogP contribution in [0.4, 0.5) is 0 Å². The fourth-order valence-corrected chi connectivity index (χ4v) is 3.61. The highest BCUT2D eigenvalue weighted by Crippen LogP contribution is 2.26. The summed E-state index contributed by atoms with van der Waals surface area (Å²) in [6.45, 7) is 9.36. The van der Waals surface area contributed by atoms with Gasteiger partial charge in [0.1, 0.15) is 0 Å². The molecule has 1 N–H and O–H groups in total. The number of aliphatic hydroxyl groups excluding tert-OH is 1. The fourth-order valence-electron chi connectivity index (χ4n) is 1.86. The molecule has 0 fully saturated rings. The molecule has 1 nitrogen and oxygen atoms in total. The van der Waals surface area contributed by atoms with Crippen molar-refractivity contribution >= 4 is 8.07 Å². The first-order valence-electron chi connectivity index (χ1n) is 5.68. The van der Waals surface area contributed by atoms with Gasteiger partial charge in [0.15, 0.2) is 0 Å². The van der Waals surface area contributed by atoms with Gasteiger partial charge in [0.25, 0.3) is 0 Å². The van der Waals surface area contributed by atoms with E-state index in [1.54, 1.807) is 0 Å². The van der Waals surface area contributed by atoms with Crippen LogP contribution in [0.15, 0.2) is 24.3 Å². The SMILES string of the molecule is CCc1ccc(C(CO)[Si](C)(C)C)cc1. The van der Waals surface area contributed by atoms with Crippen LogP contribution in [0.1, 0.15) is 23.6 Å². The van der Waals surface area contributed by atoms with E-state index in [9.17, 15) is 5.11 Å². The molecule has 0 aliphatic heterocycles. The Balaban J connectivity index is 2.93. The first-order valence-corrected chi connectivity index (χ1v) is 9.26. The normalized spacial score (nSPS) is 13.9. The van der Waals surface area contributed by atoms with E-state index in [0.29, 0.717) is 5.54 Å². The van der Waals surface area contributed by atoms with Crippen molar-refractivity contribution in [1.29, 1.82) is 0 Å². The second kappa shape index (κ2) is 4.95. The Bertz CT molecular complexity index is 297. The van der Waals surface area contributed by atoms with Crippen molar-refractivity contribution in [1.82, 2.24) is 0 Å². The average Bonchev–Trinajstić information content (AvgIpc) is 2.18. The second-order valence-electron chi connectivity index (χ2n) is 5.20. The molecule has 0 heterocycles. The minimum absolute atomic E-state index is 0.279. The van der Waals surface area contributed by atoms with Crippen LogP contribution >= 0.6 is 0 Å². The molecule has 2 heteroatoms. The molecule has 1 aromatic rings. The van der Waals surface area contributed by atoms with Crippen LogP contribution in [0.3, 0.4) is 0 Å². The van der Waals surface area contributed by atoms with E-state index in [0.717, 1.165) is 6.42 Å². The van der Waals surface area contributed by atoms with Gasteiger partial charge in [-0.05, 0) is 17.5 Å². The summed E-state index contributed by atoms with van der Waals surface area (Å²) in [5.41, 5.74) is 3.03. The van der Waals surface area contributed by atoms with Gasteiger partial charge < -0.3 is 5.11 Å². The lowest BCUT2D eigenvalue weighted by molar-refractivity contribution is 0.290. The molecule has 0 spiro atoms. The topological polar surface area (TPSA) is 20.2 Å². The molecule has 0 bridgehead atoms. The first kappa shape index (κ1) is 12.5. The summed E-state index contributed by atoms with van der Waals surface area (Å²) >= 11 is 0. The van der Waals surface area contributed by atoms with Crippen molar-refractivity contribution in [3.05, 3.63) is 35.4 Å². The van der Waals surface area contributed by atoms with E-state index in [4.69, 9.17) is 0 Å². The molecule has 15 heavy (non-hydrogen) atoms. The van der Waals surface area contributed by atoms with E-state index in [1.807, 2.05) is 0 Å². The molecular weight excluding hydrogens is 200 g/mol. The molecule has 1 unspecified atom stereocenters. The third-order valence-corrected chi connectivity index (χ3v) is 5.62. The third-order valence-electron chi connectivity index (χ3n) is 3.02. The van der Waals surface area contributed by atoms with Crippen LogP contribution in [-0.2, 0) is 6.42 Å². The number of hydrogen-bond acceptors (Lipinski definition) is 1. The molecule has 0 saturated heterocycles. The lowest BCUT2D eigenvalue weighted by atomic mass is 10.1. The monoisotopic (exact) mass is 222 g/mol. The van der Waals surface area contributed by atoms with E-state index >= 15 is 0 Å². The summed E-state index contributed by atoms with van der Waals surface area (Å²) in [7, 11) is -1.31. The van der Waals surface area contributed by atoms with Crippen molar-refractivity contribution in [2.45, 2.75) is 38.5 Å².